The minimum Gasteiger partial charge on any atom is -0.319 e. The van der Waals surface area contributed by atoms with E-state index in [1.54, 1.807) is 0 Å². The average Bonchev–Trinajstić information content (AvgIpc) is 2.71. The number of fused-ring (bicyclic) bond motifs is 1. The van der Waals surface area contributed by atoms with Gasteiger partial charge in [0.15, 0.2) is 0 Å². The van der Waals surface area contributed by atoms with E-state index in [2.05, 4.69) is 5.32 Å². The molecule has 1 aliphatic rings. The summed E-state index contributed by atoms with van der Waals surface area (Å²) in [6.07, 6.45) is 0.921. The number of anilines is 1. The Balaban J connectivity index is 0.00000162. The Labute approximate surface area is 119 Å². The van der Waals surface area contributed by atoms with E-state index in [9.17, 15) is 4.79 Å². The first-order chi connectivity index (χ1) is 8.13. The fraction of sp³-hybridized carbons (Fsp3) is 0.462. The number of rotatable bonds is 3. The van der Waals surface area contributed by atoms with Crippen LogP contribution in [-0.4, -0.2) is 26.0 Å². The van der Waals surface area contributed by atoms with Crippen LogP contribution in [0.3, 0.4) is 0 Å². The molecule has 0 aliphatic carbocycles. The Kier molecular flexibility index (Phi) is 5.45. The van der Waals surface area contributed by atoms with Gasteiger partial charge in [0.05, 0.1) is 0 Å². The molecule has 5 heteroatoms. The summed E-state index contributed by atoms with van der Waals surface area (Å²) in [5.41, 5.74) is 2.19. The lowest BCUT2D eigenvalue weighted by Gasteiger charge is -2.21. The Bertz CT molecular complexity index is 437. The van der Waals surface area contributed by atoms with E-state index in [4.69, 9.17) is 11.6 Å². The maximum Gasteiger partial charge on any atom is 0.231 e. The summed E-state index contributed by atoms with van der Waals surface area (Å²) < 4.78 is 0. The van der Waals surface area contributed by atoms with Crippen LogP contribution in [-0.2, 0) is 11.2 Å². The van der Waals surface area contributed by atoms with Gasteiger partial charge in [-0.3, -0.25) is 4.79 Å². The normalized spacial score (nSPS) is 14.9. The Morgan fingerprint density at radius 3 is 2.94 bits per heavy atom. The van der Waals surface area contributed by atoms with Crippen molar-refractivity contribution in [3.8, 4) is 0 Å². The quantitative estimate of drug-likeness (QED) is 0.927. The Morgan fingerprint density at radius 2 is 2.28 bits per heavy atom. The van der Waals surface area contributed by atoms with Gasteiger partial charge in [0, 0.05) is 29.7 Å². The van der Waals surface area contributed by atoms with Crippen molar-refractivity contribution in [2.75, 3.05) is 25.0 Å². The van der Waals surface area contributed by atoms with Crippen molar-refractivity contribution in [2.24, 2.45) is 5.92 Å². The lowest BCUT2D eigenvalue weighted by molar-refractivity contribution is -0.121. The summed E-state index contributed by atoms with van der Waals surface area (Å²) in [7, 11) is 1.86. The number of carbonyl (C=O) groups is 1. The molecule has 100 valence electrons. The standard InChI is InChI=1S/C13H17ClN2O.ClH/c1-9(8-15-2)13(17)16-6-5-10-3-4-11(14)7-12(10)16;/h3-4,7,9,15H,5-6,8H2,1-2H3;1H. The minimum atomic E-state index is -0.00932. The molecule has 0 fully saturated rings. The fourth-order valence-electron chi connectivity index (χ4n) is 2.24. The predicted molar refractivity (Wildman–Crippen MR) is 77.8 cm³/mol. The summed E-state index contributed by atoms with van der Waals surface area (Å²) >= 11 is 5.98. The molecule has 1 heterocycles. The first-order valence-electron chi connectivity index (χ1n) is 5.88. The van der Waals surface area contributed by atoms with Crippen molar-refractivity contribution in [1.29, 1.82) is 0 Å². The molecule has 1 N–H and O–H groups in total. The van der Waals surface area contributed by atoms with E-state index in [0.29, 0.717) is 11.6 Å². The van der Waals surface area contributed by atoms with Crippen LogP contribution in [0.5, 0.6) is 0 Å². The van der Waals surface area contributed by atoms with Gasteiger partial charge < -0.3 is 10.2 Å². The highest BCUT2D eigenvalue weighted by Gasteiger charge is 2.27. The van der Waals surface area contributed by atoms with Crippen LogP contribution in [0.2, 0.25) is 5.02 Å². The number of nitrogens with one attached hydrogen (secondary N) is 1. The summed E-state index contributed by atoms with van der Waals surface area (Å²) in [4.78, 5) is 14.1. The molecule has 0 radical (unpaired) electrons. The molecule has 1 unspecified atom stereocenters. The van der Waals surface area contributed by atoms with Crippen LogP contribution in [0.1, 0.15) is 12.5 Å². The predicted octanol–water partition coefficient (Wildman–Crippen LogP) is 2.51. The minimum absolute atomic E-state index is 0. The first-order valence-corrected chi connectivity index (χ1v) is 6.25. The summed E-state index contributed by atoms with van der Waals surface area (Å²) in [6.45, 7) is 3.41. The number of benzene rings is 1. The van der Waals surface area contributed by atoms with Crippen molar-refractivity contribution in [3.63, 3.8) is 0 Å². The Morgan fingerprint density at radius 1 is 1.56 bits per heavy atom. The molecular formula is C13H18Cl2N2O. The first kappa shape index (κ1) is 15.3. The second kappa shape index (κ2) is 6.41. The van der Waals surface area contributed by atoms with Crippen molar-refractivity contribution < 1.29 is 4.79 Å². The van der Waals surface area contributed by atoms with Gasteiger partial charge in [-0.2, -0.15) is 0 Å². The smallest absolute Gasteiger partial charge is 0.231 e. The van der Waals surface area contributed by atoms with Gasteiger partial charge in [-0.25, -0.2) is 0 Å². The number of nitrogens with zero attached hydrogens (tertiary/aromatic N) is 1. The SMILES string of the molecule is CNCC(C)C(=O)N1CCc2ccc(Cl)cc21.Cl. The zero-order valence-corrected chi connectivity index (χ0v) is 12.1. The highest BCUT2D eigenvalue weighted by Crippen LogP contribution is 2.31. The lowest BCUT2D eigenvalue weighted by Crippen LogP contribution is -2.37. The molecule has 3 nitrogen and oxygen atoms in total. The highest BCUT2D eigenvalue weighted by molar-refractivity contribution is 6.31. The van der Waals surface area contributed by atoms with Crippen molar-refractivity contribution in [1.82, 2.24) is 5.32 Å². The molecule has 1 atom stereocenters. The maximum atomic E-state index is 12.3. The zero-order valence-electron chi connectivity index (χ0n) is 10.6. The van der Waals surface area contributed by atoms with Crippen LogP contribution in [0.15, 0.2) is 18.2 Å². The molecule has 18 heavy (non-hydrogen) atoms. The van der Waals surface area contributed by atoms with Gasteiger partial charge in [0.1, 0.15) is 0 Å². The fourth-order valence-corrected chi connectivity index (χ4v) is 2.41. The number of hydrogen-bond acceptors (Lipinski definition) is 2. The van der Waals surface area contributed by atoms with Crippen molar-refractivity contribution in [3.05, 3.63) is 28.8 Å². The maximum absolute atomic E-state index is 12.3. The highest BCUT2D eigenvalue weighted by atomic mass is 35.5. The molecule has 0 bridgehead atoms. The lowest BCUT2D eigenvalue weighted by atomic mass is 10.1. The van der Waals surface area contributed by atoms with E-state index in [1.165, 1.54) is 5.56 Å². The molecule has 2 rings (SSSR count). The molecule has 1 amide bonds. The van der Waals surface area contributed by atoms with Gasteiger partial charge in [-0.1, -0.05) is 24.6 Å². The van der Waals surface area contributed by atoms with Gasteiger partial charge >= 0.3 is 0 Å². The average molecular weight is 289 g/mol. The van der Waals surface area contributed by atoms with Gasteiger partial charge in [-0.15, -0.1) is 12.4 Å². The number of halogens is 2. The number of amides is 1. The third-order valence-electron chi connectivity index (χ3n) is 3.14. The topological polar surface area (TPSA) is 32.3 Å². The summed E-state index contributed by atoms with van der Waals surface area (Å²) in [6, 6.07) is 5.77. The molecule has 0 saturated carbocycles. The second-order valence-electron chi connectivity index (χ2n) is 4.47. The monoisotopic (exact) mass is 288 g/mol. The Hall–Kier alpha value is -0.770. The third-order valence-corrected chi connectivity index (χ3v) is 3.38. The van der Waals surface area contributed by atoms with Crippen LogP contribution >= 0.6 is 24.0 Å². The van der Waals surface area contributed by atoms with Crippen LogP contribution in [0.4, 0.5) is 5.69 Å². The molecule has 0 aromatic heterocycles. The van der Waals surface area contributed by atoms with Crippen molar-refractivity contribution >= 4 is 35.6 Å². The van der Waals surface area contributed by atoms with Crippen LogP contribution < -0.4 is 10.2 Å². The van der Waals surface area contributed by atoms with E-state index in [-0.39, 0.29) is 24.2 Å². The van der Waals surface area contributed by atoms with Gasteiger partial charge in [0.2, 0.25) is 5.91 Å². The molecule has 1 aromatic carbocycles. The second-order valence-corrected chi connectivity index (χ2v) is 4.91. The zero-order chi connectivity index (χ0) is 12.4. The summed E-state index contributed by atoms with van der Waals surface area (Å²) in [5.74, 6) is 0.158. The molecule has 0 spiro atoms. The van der Waals surface area contributed by atoms with Crippen molar-refractivity contribution in [2.45, 2.75) is 13.3 Å². The van der Waals surface area contributed by atoms with E-state index in [1.807, 2.05) is 37.1 Å². The van der Waals surface area contributed by atoms with Gasteiger partial charge in [-0.05, 0) is 31.2 Å². The number of hydrogen-bond donors (Lipinski definition) is 1. The summed E-state index contributed by atoms with van der Waals surface area (Å²) in [5, 5.41) is 3.72. The van der Waals surface area contributed by atoms with Gasteiger partial charge in [0.25, 0.3) is 0 Å². The van der Waals surface area contributed by atoms with E-state index in [0.717, 1.165) is 18.7 Å². The molecule has 1 aliphatic heterocycles. The molecule has 0 saturated heterocycles. The number of carbonyl (C=O) groups excluding carboxylic acids is 1. The van der Waals surface area contributed by atoms with Crippen LogP contribution in [0.25, 0.3) is 0 Å². The third kappa shape index (κ3) is 2.97. The van der Waals surface area contributed by atoms with E-state index < -0.39 is 0 Å². The molecule has 1 aromatic rings. The van der Waals surface area contributed by atoms with Crippen LogP contribution in [0, 0.1) is 5.92 Å². The molecular weight excluding hydrogens is 271 g/mol. The van der Waals surface area contributed by atoms with E-state index >= 15 is 0 Å². The largest absolute Gasteiger partial charge is 0.319 e.